The molecule has 2 heterocycles. The molecule has 1 aliphatic carbocycles. The number of hydrogen-bond donors (Lipinski definition) is 0. The number of esters is 1. The van der Waals surface area contributed by atoms with Crippen LogP contribution >= 0.6 is 0 Å². The molecule has 0 radical (unpaired) electrons. The van der Waals surface area contributed by atoms with Gasteiger partial charge in [-0.3, -0.25) is 9.79 Å². The Kier molecular flexibility index (Phi) is 6.86. The predicted molar refractivity (Wildman–Crippen MR) is 130 cm³/mol. The van der Waals surface area contributed by atoms with E-state index in [0.717, 1.165) is 28.0 Å². The van der Waals surface area contributed by atoms with Crippen LogP contribution in [0.2, 0.25) is 0 Å². The molecule has 3 aromatic rings. The summed E-state index contributed by atoms with van der Waals surface area (Å²) in [5, 5.41) is 12.5. The fourth-order valence-electron chi connectivity index (χ4n) is 5.12. The molecular weight excluding hydrogens is 484 g/mol. The number of ether oxygens (including phenoxy) is 3. The van der Waals surface area contributed by atoms with Gasteiger partial charge in [0.15, 0.2) is 11.5 Å². The van der Waals surface area contributed by atoms with E-state index >= 15 is 0 Å². The third-order valence-electron chi connectivity index (χ3n) is 6.75. The van der Waals surface area contributed by atoms with Gasteiger partial charge in [-0.25, -0.2) is 0 Å². The molecule has 37 heavy (non-hydrogen) atoms. The van der Waals surface area contributed by atoms with Gasteiger partial charge in [-0.2, -0.15) is 13.6 Å². The molecule has 0 N–H and O–H groups in total. The Balaban J connectivity index is 1.55. The van der Waals surface area contributed by atoms with Gasteiger partial charge >= 0.3 is 12.6 Å². The van der Waals surface area contributed by atoms with Gasteiger partial charge in [0.2, 0.25) is 5.82 Å². The minimum atomic E-state index is -2.99. The molecule has 1 aromatic heterocycles. The molecule has 0 spiro atoms. The first-order chi connectivity index (χ1) is 17.9. The van der Waals surface area contributed by atoms with E-state index in [1.54, 1.807) is 12.1 Å². The van der Waals surface area contributed by atoms with Crippen molar-refractivity contribution in [1.82, 2.24) is 20.2 Å². The monoisotopic (exact) mass is 511 g/mol. The Bertz CT molecular complexity index is 1330. The molecule has 3 unspecified atom stereocenters. The fraction of sp³-hybridized carbons (Fsp3) is 0.423. The Hall–Kier alpha value is -3.89. The van der Waals surface area contributed by atoms with E-state index in [-0.39, 0.29) is 35.5 Å². The highest BCUT2D eigenvalue weighted by Crippen LogP contribution is 2.45. The lowest BCUT2D eigenvalue weighted by Gasteiger charge is -2.38. The van der Waals surface area contributed by atoms with Crippen LogP contribution in [0.4, 0.5) is 8.78 Å². The highest BCUT2D eigenvalue weighted by Gasteiger charge is 2.39. The molecule has 194 valence electrons. The molecule has 2 aromatic carbocycles. The molecule has 1 saturated carbocycles. The lowest BCUT2D eigenvalue weighted by molar-refractivity contribution is -0.148. The van der Waals surface area contributed by atoms with Crippen molar-refractivity contribution in [3.8, 4) is 22.9 Å². The fourth-order valence-corrected chi connectivity index (χ4v) is 5.12. The summed E-state index contributed by atoms with van der Waals surface area (Å²) in [6, 6.07) is 10.9. The number of benzene rings is 2. The van der Waals surface area contributed by atoms with E-state index < -0.39 is 6.61 Å². The standard InChI is InChI=1S/C26H27F2N5O4/c1-4-33-31-25(30-32-33)16-7-5-15(6-8-16)24-20-13-22(35-3)23(37-26(27)28)12-18(20)19-11-17(36-14(2)34)9-10-21(19)29-24/h5-8,12-13,17,19,21,26H,4,9-11H2,1-3H3. The SMILES string of the molecule is CCn1nnc(-c2ccc(C3=NC4CCC(OC(C)=O)CC4c4cc(OC(F)F)c(OC)cc43)cc2)n1. The number of rotatable bonds is 7. The molecule has 1 fully saturated rings. The minimum absolute atomic E-state index is 0.0358. The Labute approximate surface area is 212 Å². The highest BCUT2D eigenvalue weighted by molar-refractivity contribution is 6.15. The van der Waals surface area contributed by atoms with Crippen LogP contribution in [0, 0.1) is 0 Å². The van der Waals surface area contributed by atoms with Crippen molar-refractivity contribution < 1.29 is 27.8 Å². The maximum atomic E-state index is 13.2. The zero-order valence-corrected chi connectivity index (χ0v) is 20.7. The maximum absolute atomic E-state index is 13.2. The third-order valence-corrected chi connectivity index (χ3v) is 6.75. The normalized spacial score (nSPS) is 20.6. The number of fused-ring (bicyclic) bond motifs is 3. The number of aryl methyl sites for hydroxylation is 1. The molecule has 0 bridgehead atoms. The van der Waals surface area contributed by atoms with Crippen LogP contribution in [0.25, 0.3) is 11.4 Å². The number of methoxy groups -OCH3 is 1. The molecule has 0 saturated heterocycles. The van der Waals surface area contributed by atoms with E-state index in [0.29, 0.717) is 31.6 Å². The second-order valence-corrected chi connectivity index (χ2v) is 9.04. The first-order valence-electron chi connectivity index (χ1n) is 12.2. The topological polar surface area (TPSA) is 101 Å². The largest absolute Gasteiger partial charge is 0.493 e. The van der Waals surface area contributed by atoms with Crippen molar-refractivity contribution in [2.24, 2.45) is 4.99 Å². The summed E-state index contributed by atoms with van der Waals surface area (Å²) in [5.41, 5.74) is 4.00. The highest BCUT2D eigenvalue weighted by atomic mass is 19.3. The second-order valence-electron chi connectivity index (χ2n) is 9.04. The first-order valence-corrected chi connectivity index (χ1v) is 12.2. The number of carbonyl (C=O) groups is 1. The van der Waals surface area contributed by atoms with Crippen LogP contribution in [0.1, 0.15) is 55.7 Å². The van der Waals surface area contributed by atoms with Crippen LogP contribution in [-0.2, 0) is 16.1 Å². The van der Waals surface area contributed by atoms with Gasteiger partial charge in [0, 0.05) is 29.5 Å². The summed E-state index contributed by atoms with van der Waals surface area (Å²) in [5.74, 6) is 0.226. The number of carbonyl (C=O) groups excluding carboxylic acids is 1. The lowest BCUT2D eigenvalue weighted by Crippen LogP contribution is -2.36. The van der Waals surface area contributed by atoms with Crippen molar-refractivity contribution in [3.63, 3.8) is 0 Å². The summed E-state index contributed by atoms with van der Waals surface area (Å²) in [7, 11) is 1.41. The Morgan fingerprint density at radius 1 is 1.14 bits per heavy atom. The number of aliphatic imine (C=N–C) groups is 1. The maximum Gasteiger partial charge on any atom is 0.387 e. The summed E-state index contributed by atoms with van der Waals surface area (Å²) in [6.45, 7) is 0.954. The van der Waals surface area contributed by atoms with Crippen molar-refractivity contribution in [2.75, 3.05) is 7.11 Å². The van der Waals surface area contributed by atoms with Gasteiger partial charge in [0.25, 0.3) is 0 Å². The van der Waals surface area contributed by atoms with Crippen molar-refractivity contribution in [2.45, 2.75) is 64.3 Å². The Morgan fingerprint density at radius 3 is 2.54 bits per heavy atom. The van der Waals surface area contributed by atoms with Crippen LogP contribution in [0.15, 0.2) is 41.4 Å². The van der Waals surface area contributed by atoms with Gasteiger partial charge in [-0.15, -0.1) is 10.2 Å². The molecule has 1 aliphatic heterocycles. The minimum Gasteiger partial charge on any atom is -0.493 e. The number of aromatic nitrogens is 4. The number of alkyl halides is 2. The molecule has 5 rings (SSSR count). The predicted octanol–water partition coefficient (Wildman–Crippen LogP) is 4.39. The van der Waals surface area contributed by atoms with E-state index in [2.05, 4.69) is 15.4 Å². The Morgan fingerprint density at radius 2 is 1.89 bits per heavy atom. The van der Waals surface area contributed by atoms with Crippen LogP contribution in [-0.4, -0.2) is 57.8 Å². The zero-order chi connectivity index (χ0) is 26.1. The van der Waals surface area contributed by atoms with Gasteiger partial charge in [0.05, 0.1) is 25.4 Å². The van der Waals surface area contributed by atoms with Crippen molar-refractivity contribution >= 4 is 11.7 Å². The molecule has 2 aliphatic rings. The summed E-state index contributed by atoms with van der Waals surface area (Å²) in [6.07, 6.45) is 1.67. The zero-order valence-electron chi connectivity index (χ0n) is 20.7. The summed E-state index contributed by atoms with van der Waals surface area (Å²) in [4.78, 5) is 18.2. The first kappa shape index (κ1) is 24.8. The van der Waals surface area contributed by atoms with Gasteiger partial charge in [0.1, 0.15) is 6.10 Å². The quantitative estimate of drug-likeness (QED) is 0.434. The van der Waals surface area contributed by atoms with E-state index in [4.69, 9.17) is 19.2 Å². The average Bonchev–Trinajstić information content (AvgIpc) is 3.37. The second kappa shape index (κ2) is 10.2. The summed E-state index contributed by atoms with van der Waals surface area (Å²) >= 11 is 0. The smallest absolute Gasteiger partial charge is 0.387 e. The molecular formula is C26H27F2N5O4. The van der Waals surface area contributed by atoms with Gasteiger partial charge in [-0.05, 0) is 49.1 Å². The van der Waals surface area contributed by atoms with E-state index in [9.17, 15) is 13.6 Å². The lowest BCUT2D eigenvalue weighted by atomic mass is 9.74. The third kappa shape index (κ3) is 5.03. The van der Waals surface area contributed by atoms with Gasteiger partial charge in [-0.1, -0.05) is 24.3 Å². The molecule has 0 amide bonds. The number of hydrogen-bond acceptors (Lipinski definition) is 8. The van der Waals surface area contributed by atoms with Crippen molar-refractivity contribution in [3.05, 3.63) is 53.1 Å². The van der Waals surface area contributed by atoms with E-state index in [1.807, 2.05) is 31.2 Å². The molecule has 11 heteroatoms. The molecule has 9 nitrogen and oxygen atoms in total. The average molecular weight is 512 g/mol. The number of tetrazole rings is 1. The number of halogens is 2. The van der Waals surface area contributed by atoms with Crippen LogP contribution < -0.4 is 9.47 Å². The van der Waals surface area contributed by atoms with Crippen LogP contribution in [0.5, 0.6) is 11.5 Å². The number of nitrogens with zero attached hydrogens (tertiary/aromatic N) is 5. The molecule has 3 atom stereocenters. The van der Waals surface area contributed by atoms with E-state index in [1.165, 1.54) is 18.8 Å². The van der Waals surface area contributed by atoms with Crippen molar-refractivity contribution in [1.29, 1.82) is 0 Å². The summed E-state index contributed by atoms with van der Waals surface area (Å²) < 4.78 is 42.0. The van der Waals surface area contributed by atoms with Gasteiger partial charge < -0.3 is 14.2 Å². The van der Waals surface area contributed by atoms with Crippen LogP contribution in [0.3, 0.4) is 0 Å².